The van der Waals surface area contributed by atoms with Crippen molar-refractivity contribution in [3.63, 3.8) is 0 Å². The molecule has 0 amide bonds. The Hall–Kier alpha value is -2.75. The van der Waals surface area contributed by atoms with Gasteiger partial charge in [0.1, 0.15) is 5.82 Å². The van der Waals surface area contributed by atoms with Crippen LogP contribution in [0.2, 0.25) is 0 Å². The molecule has 22 heavy (non-hydrogen) atoms. The van der Waals surface area contributed by atoms with Gasteiger partial charge in [-0.15, -0.1) is 10.2 Å². The lowest BCUT2D eigenvalue weighted by Crippen LogP contribution is -2.13. The summed E-state index contributed by atoms with van der Waals surface area (Å²) in [6.07, 6.45) is 0.324. The smallest absolute Gasteiger partial charge is 0.205 e. The summed E-state index contributed by atoms with van der Waals surface area (Å²) in [5.74, 6) is 1.07. The van der Waals surface area contributed by atoms with Gasteiger partial charge in [-0.05, 0) is 31.0 Å². The summed E-state index contributed by atoms with van der Waals surface area (Å²) in [7, 11) is 0. The second-order valence-electron chi connectivity index (χ2n) is 5.28. The van der Waals surface area contributed by atoms with Crippen LogP contribution in [0.4, 0.5) is 0 Å². The minimum atomic E-state index is -0.0324. The van der Waals surface area contributed by atoms with Crippen LogP contribution >= 0.6 is 0 Å². The average molecular weight is 291 g/mol. The van der Waals surface area contributed by atoms with Crippen LogP contribution in [0.15, 0.2) is 54.6 Å². The molecule has 2 aromatic carbocycles. The number of carbonyl (C=O) groups excluding carboxylic acids is 1. The Labute approximate surface area is 129 Å². The lowest BCUT2D eigenvalue weighted by atomic mass is 10.1. The lowest BCUT2D eigenvalue weighted by Gasteiger charge is -2.10. The second-order valence-corrected chi connectivity index (χ2v) is 5.28. The molecular weight excluding hydrogens is 274 g/mol. The van der Waals surface area contributed by atoms with Crippen molar-refractivity contribution in [2.45, 2.75) is 20.3 Å². The first-order valence-electron chi connectivity index (χ1n) is 7.22. The average Bonchev–Trinajstić information content (AvgIpc) is 2.90. The van der Waals surface area contributed by atoms with Crippen molar-refractivity contribution in [3.8, 4) is 5.69 Å². The topological polar surface area (TPSA) is 47.8 Å². The maximum atomic E-state index is 12.6. The van der Waals surface area contributed by atoms with Crippen LogP contribution < -0.4 is 0 Å². The number of carbonyl (C=O) groups is 1. The fraction of sp³-hybridized carbons (Fsp3) is 0.167. The Kier molecular flexibility index (Phi) is 3.83. The number of benzene rings is 2. The van der Waals surface area contributed by atoms with E-state index in [1.165, 1.54) is 0 Å². The number of ketones is 1. The Morgan fingerprint density at radius 1 is 0.955 bits per heavy atom. The van der Waals surface area contributed by atoms with Gasteiger partial charge in [-0.3, -0.25) is 9.36 Å². The van der Waals surface area contributed by atoms with Gasteiger partial charge in [0.05, 0.1) is 5.69 Å². The molecule has 0 saturated heterocycles. The number of nitrogens with zero attached hydrogens (tertiary/aromatic N) is 3. The predicted molar refractivity (Wildman–Crippen MR) is 85.3 cm³/mol. The second kappa shape index (κ2) is 5.93. The number of hydrogen-bond acceptors (Lipinski definition) is 3. The van der Waals surface area contributed by atoms with Crippen molar-refractivity contribution in [1.82, 2.24) is 14.8 Å². The summed E-state index contributed by atoms with van der Waals surface area (Å²) >= 11 is 0. The quantitative estimate of drug-likeness (QED) is 0.693. The largest absolute Gasteiger partial charge is 0.290 e. The highest BCUT2D eigenvalue weighted by molar-refractivity contribution is 5.95. The van der Waals surface area contributed by atoms with Crippen LogP contribution in [-0.4, -0.2) is 20.5 Å². The fourth-order valence-corrected chi connectivity index (χ4v) is 2.51. The predicted octanol–water partition coefficient (Wildman–Crippen LogP) is 3.31. The molecule has 4 heteroatoms. The van der Waals surface area contributed by atoms with Crippen molar-refractivity contribution in [2.24, 2.45) is 0 Å². The van der Waals surface area contributed by atoms with Gasteiger partial charge in [0.25, 0.3) is 0 Å². The van der Waals surface area contributed by atoms with E-state index < -0.39 is 0 Å². The Bertz CT molecular complexity index is 806. The number of Topliss-reactive ketones (excluding diaryl/α,β-unsaturated/α-hetero) is 1. The molecule has 0 N–H and O–H groups in total. The summed E-state index contributed by atoms with van der Waals surface area (Å²) in [5.41, 5.74) is 3.00. The van der Waals surface area contributed by atoms with Gasteiger partial charge in [-0.25, -0.2) is 0 Å². The van der Waals surface area contributed by atoms with E-state index in [-0.39, 0.29) is 5.78 Å². The molecule has 0 atom stereocenters. The maximum absolute atomic E-state index is 12.6. The van der Waals surface area contributed by atoms with Gasteiger partial charge >= 0.3 is 0 Å². The molecule has 0 unspecified atom stereocenters. The number of para-hydroxylation sites is 1. The molecule has 3 aromatic rings. The first kappa shape index (κ1) is 14.2. The van der Waals surface area contributed by atoms with Gasteiger partial charge in [-0.1, -0.05) is 48.5 Å². The fourth-order valence-electron chi connectivity index (χ4n) is 2.51. The summed E-state index contributed by atoms with van der Waals surface area (Å²) < 4.78 is 1.83. The number of aromatic nitrogens is 3. The van der Waals surface area contributed by atoms with Gasteiger partial charge in [0.15, 0.2) is 0 Å². The Morgan fingerprint density at radius 2 is 1.64 bits per heavy atom. The minimum absolute atomic E-state index is 0.0324. The third-order valence-corrected chi connectivity index (χ3v) is 3.64. The monoisotopic (exact) mass is 291 g/mol. The van der Waals surface area contributed by atoms with Gasteiger partial charge in [-0.2, -0.15) is 0 Å². The molecule has 0 bridgehead atoms. The van der Waals surface area contributed by atoms with E-state index >= 15 is 0 Å². The van der Waals surface area contributed by atoms with Gasteiger partial charge in [0.2, 0.25) is 11.6 Å². The highest BCUT2D eigenvalue weighted by Crippen LogP contribution is 2.18. The number of rotatable bonds is 4. The minimum Gasteiger partial charge on any atom is -0.290 e. The molecular formula is C18H17N3O. The standard InChI is InChI=1S/C18H17N3O/c1-13-8-6-7-11-16(13)21-14(2)19-20-18(21)17(22)12-15-9-4-3-5-10-15/h3-11H,12H2,1-2H3. The normalized spacial score (nSPS) is 10.6. The highest BCUT2D eigenvalue weighted by atomic mass is 16.1. The van der Waals surface area contributed by atoms with E-state index in [9.17, 15) is 4.79 Å². The van der Waals surface area contributed by atoms with Crippen LogP contribution in [0.1, 0.15) is 27.6 Å². The van der Waals surface area contributed by atoms with E-state index in [0.29, 0.717) is 18.1 Å². The third-order valence-electron chi connectivity index (χ3n) is 3.64. The highest BCUT2D eigenvalue weighted by Gasteiger charge is 2.19. The summed E-state index contributed by atoms with van der Waals surface area (Å²) in [4.78, 5) is 12.6. The Balaban J connectivity index is 1.99. The molecule has 1 aromatic heterocycles. The molecule has 0 aliphatic rings. The van der Waals surface area contributed by atoms with Crippen molar-refractivity contribution >= 4 is 5.78 Å². The maximum Gasteiger partial charge on any atom is 0.205 e. The first-order valence-corrected chi connectivity index (χ1v) is 7.22. The van der Waals surface area contributed by atoms with E-state index in [1.54, 1.807) is 0 Å². The van der Waals surface area contributed by atoms with Gasteiger partial charge < -0.3 is 0 Å². The lowest BCUT2D eigenvalue weighted by molar-refractivity contribution is 0.0981. The zero-order chi connectivity index (χ0) is 15.5. The molecule has 3 rings (SSSR count). The number of hydrogen-bond donors (Lipinski definition) is 0. The van der Waals surface area contributed by atoms with Crippen LogP contribution in [0, 0.1) is 13.8 Å². The molecule has 0 fully saturated rings. The molecule has 0 aliphatic heterocycles. The van der Waals surface area contributed by atoms with Gasteiger partial charge in [0, 0.05) is 6.42 Å². The SMILES string of the molecule is Cc1ccccc1-n1c(C)nnc1C(=O)Cc1ccccc1. The molecule has 0 saturated carbocycles. The third kappa shape index (κ3) is 2.68. The van der Waals surface area contributed by atoms with Crippen LogP contribution in [0.3, 0.4) is 0 Å². The molecule has 1 heterocycles. The summed E-state index contributed by atoms with van der Waals surface area (Å²) in [6.45, 7) is 3.87. The molecule has 110 valence electrons. The van der Waals surface area contributed by atoms with Crippen LogP contribution in [0.5, 0.6) is 0 Å². The first-order chi connectivity index (χ1) is 10.7. The van der Waals surface area contributed by atoms with Crippen LogP contribution in [-0.2, 0) is 6.42 Å². The van der Waals surface area contributed by atoms with E-state index in [4.69, 9.17) is 0 Å². The number of aryl methyl sites for hydroxylation is 2. The summed E-state index contributed by atoms with van der Waals surface area (Å²) in [5, 5.41) is 8.18. The molecule has 0 aliphatic carbocycles. The molecule has 0 spiro atoms. The Morgan fingerprint density at radius 3 is 2.36 bits per heavy atom. The zero-order valence-electron chi connectivity index (χ0n) is 12.7. The van der Waals surface area contributed by atoms with E-state index in [2.05, 4.69) is 10.2 Å². The molecule has 0 radical (unpaired) electrons. The van der Waals surface area contributed by atoms with Crippen molar-refractivity contribution in [2.75, 3.05) is 0 Å². The summed E-state index contributed by atoms with van der Waals surface area (Å²) in [6, 6.07) is 17.6. The zero-order valence-corrected chi connectivity index (χ0v) is 12.7. The van der Waals surface area contributed by atoms with Crippen LogP contribution in [0.25, 0.3) is 5.69 Å². The van der Waals surface area contributed by atoms with E-state index in [1.807, 2.05) is 73.0 Å². The van der Waals surface area contributed by atoms with Crippen molar-refractivity contribution in [1.29, 1.82) is 0 Å². The van der Waals surface area contributed by atoms with Crippen molar-refractivity contribution < 1.29 is 4.79 Å². The molecule has 4 nitrogen and oxygen atoms in total. The van der Waals surface area contributed by atoms with E-state index in [0.717, 1.165) is 16.8 Å². The van der Waals surface area contributed by atoms with Crippen molar-refractivity contribution in [3.05, 3.63) is 77.4 Å².